The molecule has 1 saturated carbocycles. The molecule has 1 aliphatic rings. The predicted molar refractivity (Wildman–Crippen MR) is 148 cm³/mol. The Labute approximate surface area is 226 Å². The van der Waals surface area contributed by atoms with Crippen LogP contribution in [0.15, 0.2) is 72.8 Å². The fourth-order valence-electron chi connectivity index (χ4n) is 4.37. The molecule has 5 rings (SSSR count). The summed E-state index contributed by atoms with van der Waals surface area (Å²) in [6.45, 7) is 6.58. The zero-order valence-electron chi connectivity index (χ0n) is 22.2. The van der Waals surface area contributed by atoms with Gasteiger partial charge in [-0.3, -0.25) is 4.79 Å². The maximum Gasteiger partial charge on any atom is 0.342 e. The minimum absolute atomic E-state index is 0.00768. The van der Waals surface area contributed by atoms with Crippen LogP contribution >= 0.6 is 0 Å². The average molecular weight is 527 g/mol. The van der Waals surface area contributed by atoms with Crippen molar-refractivity contribution >= 4 is 17.6 Å². The van der Waals surface area contributed by atoms with Crippen LogP contribution in [-0.2, 0) is 12.0 Å². The van der Waals surface area contributed by atoms with Crippen LogP contribution in [0, 0.1) is 5.82 Å². The number of nitrogens with one attached hydrogen (secondary N) is 2. The molecule has 1 fully saturated rings. The molecule has 1 aromatic heterocycles. The van der Waals surface area contributed by atoms with Gasteiger partial charge in [0.2, 0.25) is 0 Å². The number of aromatic nitrogens is 2. The van der Waals surface area contributed by atoms with Crippen LogP contribution in [0.25, 0.3) is 11.3 Å². The van der Waals surface area contributed by atoms with Crippen molar-refractivity contribution in [1.29, 1.82) is 0 Å². The third kappa shape index (κ3) is 6.00. The van der Waals surface area contributed by atoms with Crippen LogP contribution in [-0.4, -0.2) is 26.8 Å². The number of rotatable bonds is 6. The Morgan fingerprint density at radius 1 is 1.00 bits per heavy atom. The SMILES string of the molecule is CC(C)(C)c1ccc(C(=O)Nc2ccc(-c3cc(C4CC4)n(C(=O)NCc4ccc(F)cc4)n3)c(O)c2)cc1. The second-order valence-electron chi connectivity index (χ2n) is 10.9. The summed E-state index contributed by atoms with van der Waals surface area (Å²) in [5, 5.41) is 20.9. The fourth-order valence-corrected chi connectivity index (χ4v) is 4.37. The van der Waals surface area contributed by atoms with Gasteiger partial charge in [-0.2, -0.15) is 9.78 Å². The lowest BCUT2D eigenvalue weighted by Gasteiger charge is -2.19. The van der Waals surface area contributed by atoms with Crippen LogP contribution in [0.1, 0.15) is 66.7 Å². The van der Waals surface area contributed by atoms with Gasteiger partial charge < -0.3 is 15.7 Å². The molecular weight excluding hydrogens is 495 g/mol. The number of carbonyl (C=O) groups excluding carboxylic acids is 2. The Kier molecular flexibility index (Phi) is 6.95. The molecule has 0 atom stereocenters. The van der Waals surface area contributed by atoms with Crippen molar-refractivity contribution in [3.63, 3.8) is 0 Å². The van der Waals surface area contributed by atoms with Gasteiger partial charge in [0, 0.05) is 35.3 Å². The first-order valence-corrected chi connectivity index (χ1v) is 13.0. The van der Waals surface area contributed by atoms with Crippen molar-refractivity contribution in [1.82, 2.24) is 15.1 Å². The Morgan fingerprint density at radius 3 is 2.31 bits per heavy atom. The molecule has 3 aromatic carbocycles. The van der Waals surface area contributed by atoms with Gasteiger partial charge in [0.1, 0.15) is 11.6 Å². The smallest absolute Gasteiger partial charge is 0.342 e. The van der Waals surface area contributed by atoms with Gasteiger partial charge >= 0.3 is 6.03 Å². The summed E-state index contributed by atoms with van der Waals surface area (Å²) in [5.74, 6) is -0.443. The Balaban J connectivity index is 1.31. The fraction of sp³-hybridized carbons (Fsp3) is 0.258. The number of carbonyl (C=O) groups is 2. The van der Waals surface area contributed by atoms with Gasteiger partial charge in [-0.1, -0.05) is 45.0 Å². The molecule has 0 unspecified atom stereocenters. The molecule has 0 bridgehead atoms. The molecule has 7 nitrogen and oxygen atoms in total. The molecule has 0 spiro atoms. The van der Waals surface area contributed by atoms with E-state index in [0.717, 1.165) is 29.7 Å². The van der Waals surface area contributed by atoms with Gasteiger partial charge in [-0.15, -0.1) is 0 Å². The number of phenols is 1. The van der Waals surface area contributed by atoms with Gasteiger partial charge in [-0.05, 0) is 71.8 Å². The minimum atomic E-state index is -0.395. The average Bonchev–Trinajstić information content (AvgIpc) is 3.66. The van der Waals surface area contributed by atoms with Crippen molar-refractivity contribution in [3.8, 4) is 17.0 Å². The van der Waals surface area contributed by atoms with Crippen LogP contribution < -0.4 is 10.6 Å². The molecule has 0 saturated heterocycles. The number of anilines is 1. The third-order valence-electron chi connectivity index (χ3n) is 6.83. The highest BCUT2D eigenvalue weighted by atomic mass is 19.1. The molecule has 200 valence electrons. The molecule has 1 aliphatic carbocycles. The summed E-state index contributed by atoms with van der Waals surface area (Å²) in [6.07, 6.45) is 1.92. The first-order chi connectivity index (χ1) is 18.6. The molecule has 8 heteroatoms. The lowest BCUT2D eigenvalue weighted by atomic mass is 9.87. The normalized spacial score (nSPS) is 13.2. The summed E-state index contributed by atoms with van der Waals surface area (Å²) in [7, 11) is 0. The van der Waals surface area contributed by atoms with E-state index in [1.807, 2.05) is 18.2 Å². The first kappa shape index (κ1) is 26.2. The number of aromatic hydroxyl groups is 1. The molecule has 0 radical (unpaired) electrons. The Morgan fingerprint density at radius 2 is 1.69 bits per heavy atom. The molecule has 1 heterocycles. The van der Waals surface area contributed by atoms with Crippen molar-refractivity contribution < 1.29 is 19.1 Å². The molecule has 0 aliphatic heterocycles. The highest BCUT2D eigenvalue weighted by molar-refractivity contribution is 6.04. The maximum atomic E-state index is 13.2. The number of hydrogen-bond acceptors (Lipinski definition) is 4. The molecule has 4 aromatic rings. The zero-order chi connectivity index (χ0) is 27.7. The van der Waals surface area contributed by atoms with Crippen molar-refractivity contribution in [2.24, 2.45) is 0 Å². The lowest BCUT2D eigenvalue weighted by Crippen LogP contribution is -2.30. The highest BCUT2D eigenvalue weighted by Crippen LogP contribution is 2.42. The summed E-state index contributed by atoms with van der Waals surface area (Å²) in [5.41, 5.74) is 4.55. The number of benzene rings is 3. The maximum absolute atomic E-state index is 13.2. The van der Waals surface area contributed by atoms with Gasteiger partial charge in [0.05, 0.1) is 11.4 Å². The van der Waals surface area contributed by atoms with Gasteiger partial charge in [-0.25, -0.2) is 9.18 Å². The van der Waals surface area contributed by atoms with Crippen LogP contribution in [0.2, 0.25) is 0 Å². The molecule has 2 amide bonds. The number of hydrogen-bond donors (Lipinski definition) is 3. The van der Waals surface area contributed by atoms with E-state index in [2.05, 4.69) is 36.5 Å². The predicted octanol–water partition coefficient (Wildman–Crippen LogP) is 6.58. The van der Waals surface area contributed by atoms with Crippen LogP contribution in [0.5, 0.6) is 5.75 Å². The van der Waals surface area contributed by atoms with Crippen LogP contribution in [0.3, 0.4) is 0 Å². The molecule has 39 heavy (non-hydrogen) atoms. The van der Waals surface area contributed by atoms with E-state index in [1.165, 1.54) is 22.9 Å². The second-order valence-corrected chi connectivity index (χ2v) is 10.9. The number of halogens is 1. The monoisotopic (exact) mass is 526 g/mol. The van der Waals surface area contributed by atoms with Gasteiger partial charge in [0.15, 0.2) is 0 Å². The van der Waals surface area contributed by atoms with E-state index < -0.39 is 6.03 Å². The summed E-state index contributed by atoms with van der Waals surface area (Å²) >= 11 is 0. The molecular formula is C31H31FN4O3. The van der Waals surface area contributed by atoms with Crippen molar-refractivity contribution in [2.45, 2.75) is 51.5 Å². The highest BCUT2D eigenvalue weighted by Gasteiger charge is 2.30. The second kappa shape index (κ2) is 10.4. The van der Waals surface area contributed by atoms with E-state index in [4.69, 9.17) is 0 Å². The van der Waals surface area contributed by atoms with E-state index in [1.54, 1.807) is 36.4 Å². The summed E-state index contributed by atoms with van der Waals surface area (Å²) < 4.78 is 14.5. The third-order valence-corrected chi connectivity index (χ3v) is 6.83. The summed E-state index contributed by atoms with van der Waals surface area (Å²) in [4.78, 5) is 25.7. The van der Waals surface area contributed by atoms with E-state index in [-0.39, 0.29) is 35.4 Å². The van der Waals surface area contributed by atoms with Crippen molar-refractivity contribution in [2.75, 3.05) is 5.32 Å². The topological polar surface area (TPSA) is 96.3 Å². The van der Waals surface area contributed by atoms with Crippen LogP contribution in [0.4, 0.5) is 14.9 Å². The van der Waals surface area contributed by atoms with E-state index >= 15 is 0 Å². The first-order valence-electron chi connectivity index (χ1n) is 13.0. The van der Waals surface area contributed by atoms with E-state index in [9.17, 15) is 19.1 Å². The lowest BCUT2D eigenvalue weighted by molar-refractivity contribution is 0.102. The van der Waals surface area contributed by atoms with Crippen molar-refractivity contribution in [3.05, 3.63) is 101 Å². The Bertz CT molecular complexity index is 1520. The largest absolute Gasteiger partial charge is 0.507 e. The number of amides is 2. The van der Waals surface area contributed by atoms with E-state index in [0.29, 0.717) is 22.5 Å². The standard InChI is InChI=1S/C31H31FN4O3/c1-31(2,3)22-10-8-21(9-11-22)29(38)34-24-14-15-25(28(37)16-24)26-17-27(20-6-7-20)36(35-26)30(39)33-18-19-4-12-23(32)13-5-19/h4-5,8-17,20,37H,6-7,18H2,1-3H3,(H,33,39)(H,34,38). The molecule has 3 N–H and O–H groups in total. The number of nitrogens with zero attached hydrogens (tertiary/aromatic N) is 2. The number of phenolic OH excluding ortho intramolecular Hbond substituents is 1. The Hall–Kier alpha value is -4.46. The minimum Gasteiger partial charge on any atom is -0.507 e. The zero-order valence-corrected chi connectivity index (χ0v) is 22.2. The summed E-state index contributed by atoms with van der Waals surface area (Å²) in [6, 6.07) is 19.7. The quantitative estimate of drug-likeness (QED) is 0.264. The van der Waals surface area contributed by atoms with Gasteiger partial charge in [0.25, 0.3) is 5.91 Å².